The third-order valence-corrected chi connectivity index (χ3v) is 8.03. The van der Waals surface area contributed by atoms with E-state index in [1.165, 1.54) is 13.0 Å². The summed E-state index contributed by atoms with van der Waals surface area (Å²) in [6, 6.07) is -0.132. The van der Waals surface area contributed by atoms with E-state index in [-0.39, 0.29) is 36.5 Å². The second kappa shape index (κ2) is 15.9. The van der Waals surface area contributed by atoms with Gasteiger partial charge in [0.2, 0.25) is 5.91 Å². The van der Waals surface area contributed by atoms with Gasteiger partial charge < -0.3 is 38.8 Å². The second-order valence-corrected chi connectivity index (χ2v) is 11.9. The Morgan fingerprint density at radius 1 is 1.14 bits per heavy atom. The van der Waals surface area contributed by atoms with Crippen molar-refractivity contribution >= 4 is 17.8 Å². The topological polar surface area (TPSA) is 142 Å². The van der Waals surface area contributed by atoms with Gasteiger partial charge in [-0.1, -0.05) is 30.7 Å². The first-order valence-electron chi connectivity index (χ1n) is 15.3. The molecular weight excluding hydrogens is 558 g/mol. The highest BCUT2D eigenvalue weighted by atomic mass is 16.7. The molecule has 3 rings (SSSR count). The van der Waals surface area contributed by atoms with E-state index in [0.717, 1.165) is 12.0 Å². The zero-order valence-electron chi connectivity index (χ0n) is 26.4. The summed E-state index contributed by atoms with van der Waals surface area (Å²) in [7, 11) is 0. The number of rotatable bonds is 14. The van der Waals surface area contributed by atoms with Crippen LogP contribution in [0.5, 0.6) is 0 Å². The number of ether oxygens (including phenoxy) is 6. The van der Waals surface area contributed by atoms with Crippen LogP contribution in [0.3, 0.4) is 0 Å². The van der Waals surface area contributed by atoms with Crippen LogP contribution in [-0.4, -0.2) is 90.7 Å². The van der Waals surface area contributed by atoms with Crippen LogP contribution in [0, 0.1) is 5.92 Å². The van der Waals surface area contributed by atoms with Gasteiger partial charge >= 0.3 is 11.9 Å². The first-order valence-corrected chi connectivity index (χ1v) is 15.3. The van der Waals surface area contributed by atoms with E-state index in [4.69, 9.17) is 28.4 Å². The lowest BCUT2D eigenvalue weighted by atomic mass is 9.87. The lowest BCUT2D eigenvalue weighted by Crippen LogP contribution is -2.53. The fourth-order valence-corrected chi connectivity index (χ4v) is 5.74. The van der Waals surface area contributed by atoms with Crippen molar-refractivity contribution in [1.29, 1.82) is 0 Å². The number of aliphatic carboxylic acids is 1. The Labute approximate surface area is 254 Å². The molecule has 0 bridgehead atoms. The average Bonchev–Trinajstić information content (AvgIpc) is 3.68. The van der Waals surface area contributed by atoms with E-state index in [1.54, 1.807) is 13.0 Å². The minimum absolute atomic E-state index is 0.0110. The summed E-state index contributed by atoms with van der Waals surface area (Å²) in [5.41, 5.74) is 0.442. The van der Waals surface area contributed by atoms with Crippen LogP contribution in [-0.2, 0) is 42.8 Å². The largest absolute Gasteiger partial charge is 0.481 e. The van der Waals surface area contributed by atoms with Gasteiger partial charge in [-0.05, 0) is 59.5 Å². The van der Waals surface area contributed by atoms with E-state index in [0.29, 0.717) is 26.1 Å². The van der Waals surface area contributed by atoms with Crippen molar-refractivity contribution in [3.8, 4) is 0 Å². The molecule has 3 aliphatic heterocycles. The number of esters is 1. The monoisotopic (exact) mass is 607 g/mol. The molecule has 0 saturated carbocycles. The molecule has 1 unspecified atom stereocenters. The SMILES string of the molecule is CCOC(C)O[C@@H]1[C@@H](C=CC(C)=CC[C@@H]2O[C@H](C)[C@H](NC(=O)C=C[C@H](C)OC(C)=O)C[C@@H]2C)O[C@H](CC(=O)O)C[C@@]12CO2. The number of hydrogen-bond acceptors (Lipinski definition) is 9. The number of allylic oxidation sites excluding steroid dienone is 2. The zero-order valence-corrected chi connectivity index (χ0v) is 26.4. The molecule has 0 radical (unpaired) electrons. The van der Waals surface area contributed by atoms with Crippen molar-refractivity contribution < 1.29 is 47.9 Å². The highest BCUT2D eigenvalue weighted by Gasteiger charge is 2.60. The fraction of sp³-hybridized carbons (Fsp3) is 0.719. The molecule has 1 amide bonds. The van der Waals surface area contributed by atoms with Gasteiger partial charge in [0, 0.05) is 26.0 Å². The molecule has 0 aromatic carbocycles. The summed E-state index contributed by atoms with van der Waals surface area (Å²) in [4.78, 5) is 34.9. The summed E-state index contributed by atoms with van der Waals surface area (Å²) in [5, 5.41) is 12.4. The Morgan fingerprint density at radius 3 is 2.49 bits per heavy atom. The molecule has 11 nitrogen and oxygen atoms in total. The van der Waals surface area contributed by atoms with E-state index in [1.807, 2.05) is 39.8 Å². The van der Waals surface area contributed by atoms with Crippen LogP contribution in [0.15, 0.2) is 36.0 Å². The van der Waals surface area contributed by atoms with Crippen molar-refractivity contribution in [2.75, 3.05) is 13.2 Å². The number of nitrogens with one attached hydrogen (secondary N) is 1. The molecule has 0 aromatic heterocycles. The quantitative estimate of drug-likeness (QED) is 0.0983. The van der Waals surface area contributed by atoms with Gasteiger partial charge in [0.25, 0.3) is 0 Å². The van der Waals surface area contributed by atoms with Crippen molar-refractivity contribution in [3.63, 3.8) is 0 Å². The maximum absolute atomic E-state index is 12.4. The summed E-state index contributed by atoms with van der Waals surface area (Å²) in [6.07, 6.45) is 8.27. The highest BCUT2D eigenvalue weighted by molar-refractivity contribution is 5.87. The minimum Gasteiger partial charge on any atom is -0.481 e. The Bertz CT molecular complexity index is 1050. The molecule has 242 valence electrons. The lowest BCUT2D eigenvalue weighted by Gasteiger charge is -2.40. The molecule has 0 aromatic rings. The molecule has 3 fully saturated rings. The van der Waals surface area contributed by atoms with Crippen LogP contribution >= 0.6 is 0 Å². The third kappa shape index (κ3) is 10.8. The molecular formula is C32H49NO10. The molecule has 3 heterocycles. The molecule has 0 aliphatic carbocycles. The average molecular weight is 608 g/mol. The molecule has 11 heteroatoms. The lowest BCUT2D eigenvalue weighted by molar-refractivity contribution is -0.227. The predicted octanol–water partition coefficient (Wildman–Crippen LogP) is 3.85. The predicted molar refractivity (Wildman–Crippen MR) is 158 cm³/mol. The van der Waals surface area contributed by atoms with Crippen LogP contribution in [0.2, 0.25) is 0 Å². The molecule has 3 aliphatic rings. The Kier molecular flexibility index (Phi) is 12.9. The Balaban J connectivity index is 1.58. The van der Waals surface area contributed by atoms with E-state index >= 15 is 0 Å². The van der Waals surface area contributed by atoms with Gasteiger partial charge in [-0.2, -0.15) is 0 Å². The molecule has 2 N–H and O–H groups in total. The number of carboxylic acid groups (broad SMARTS) is 1. The number of hydrogen-bond donors (Lipinski definition) is 2. The third-order valence-electron chi connectivity index (χ3n) is 8.03. The fourth-order valence-electron chi connectivity index (χ4n) is 5.74. The standard InChI is InChI=1S/C32H49NO10/c1-8-38-24(7)42-31-28(43-25(16-30(36)37)17-32(31)18-39-32)13-10-19(2)9-12-27-20(3)15-26(22(5)41-27)33-29(35)14-11-21(4)40-23(6)34/h9-11,13-14,20-22,24-28,31H,8,12,15-18H2,1-7H3,(H,33,35)(H,36,37)/t20-,21-,22+,24?,25+,26+,27-,28+,31+,32+/m0/s1. The van der Waals surface area contributed by atoms with E-state index in [9.17, 15) is 19.5 Å². The number of carboxylic acids is 1. The van der Waals surface area contributed by atoms with Crippen molar-refractivity contribution in [3.05, 3.63) is 36.0 Å². The van der Waals surface area contributed by atoms with Gasteiger partial charge in [0.1, 0.15) is 23.9 Å². The molecule has 1 spiro atoms. The Morgan fingerprint density at radius 2 is 1.86 bits per heavy atom. The molecule has 3 saturated heterocycles. The van der Waals surface area contributed by atoms with E-state index in [2.05, 4.69) is 18.3 Å². The summed E-state index contributed by atoms with van der Waals surface area (Å²) in [6.45, 7) is 13.8. The van der Waals surface area contributed by atoms with Gasteiger partial charge in [0.15, 0.2) is 6.29 Å². The van der Waals surface area contributed by atoms with Crippen molar-refractivity contribution in [2.45, 2.75) is 129 Å². The maximum Gasteiger partial charge on any atom is 0.305 e. The summed E-state index contributed by atoms with van der Waals surface area (Å²) >= 11 is 0. The zero-order chi connectivity index (χ0) is 31.7. The van der Waals surface area contributed by atoms with Gasteiger partial charge in [0.05, 0.1) is 37.4 Å². The maximum atomic E-state index is 12.4. The number of carbonyl (C=O) groups excluding carboxylic acids is 2. The summed E-state index contributed by atoms with van der Waals surface area (Å²) in [5.74, 6) is -1.35. The molecule has 10 atom stereocenters. The van der Waals surface area contributed by atoms with Crippen LogP contribution in [0.1, 0.15) is 74.1 Å². The number of carbonyl (C=O) groups is 3. The smallest absolute Gasteiger partial charge is 0.305 e. The molecule has 43 heavy (non-hydrogen) atoms. The first-order chi connectivity index (χ1) is 20.3. The van der Waals surface area contributed by atoms with Crippen LogP contribution in [0.25, 0.3) is 0 Å². The second-order valence-electron chi connectivity index (χ2n) is 11.9. The Hall–Kier alpha value is -2.57. The normalized spacial score (nSPS) is 34.3. The first kappa shape index (κ1) is 34.9. The number of amides is 1. The highest BCUT2D eigenvalue weighted by Crippen LogP contribution is 2.45. The summed E-state index contributed by atoms with van der Waals surface area (Å²) < 4.78 is 35.1. The van der Waals surface area contributed by atoms with Gasteiger partial charge in [-0.3, -0.25) is 14.4 Å². The van der Waals surface area contributed by atoms with Gasteiger partial charge in [-0.15, -0.1) is 0 Å². The van der Waals surface area contributed by atoms with E-state index < -0.39 is 48.2 Å². The minimum atomic E-state index is -0.912. The van der Waals surface area contributed by atoms with Crippen molar-refractivity contribution in [1.82, 2.24) is 5.32 Å². The number of epoxide rings is 1. The van der Waals surface area contributed by atoms with Crippen molar-refractivity contribution in [2.24, 2.45) is 5.92 Å². The van der Waals surface area contributed by atoms with Crippen LogP contribution in [0.4, 0.5) is 0 Å². The van der Waals surface area contributed by atoms with Gasteiger partial charge in [-0.25, -0.2) is 0 Å². The van der Waals surface area contributed by atoms with Crippen LogP contribution < -0.4 is 5.32 Å².